The van der Waals surface area contributed by atoms with Gasteiger partial charge in [0.05, 0.1) is 0 Å². The van der Waals surface area contributed by atoms with Gasteiger partial charge in [-0.05, 0) is 37.6 Å². The molecular formula is C24H31N3O3. The topological polar surface area (TPSA) is 62.7 Å². The van der Waals surface area contributed by atoms with Gasteiger partial charge in [0.2, 0.25) is 0 Å². The van der Waals surface area contributed by atoms with E-state index in [1.807, 2.05) is 6.20 Å². The fraction of sp³-hybridized carbons (Fsp3) is 0.458. The van der Waals surface area contributed by atoms with E-state index >= 15 is 0 Å². The van der Waals surface area contributed by atoms with Crippen molar-refractivity contribution in [3.05, 3.63) is 48.2 Å². The van der Waals surface area contributed by atoms with Crippen LogP contribution in [-0.4, -0.2) is 61.0 Å². The number of hydrogen-bond donors (Lipinski definition) is 0. The van der Waals surface area contributed by atoms with Crippen molar-refractivity contribution in [2.24, 2.45) is 0 Å². The summed E-state index contributed by atoms with van der Waals surface area (Å²) < 4.78 is 4.98. The second-order valence-corrected chi connectivity index (χ2v) is 7.76. The molecule has 0 aliphatic carbocycles. The summed E-state index contributed by atoms with van der Waals surface area (Å²) in [5, 5.41) is 0. The number of anilines is 1. The Morgan fingerprint density at radius 3 is 2.33 bits per heavy atom. The van der Waals surface area contributed by atoms with E-state index in [2.05, 4.69) is 58.1 Å². The number of ketones is 1. The summed E-state index contributed by atoms with van der Waals surface area (Å²) in [6.07, 6.45) is 3.46. The SMILES string of the molecule is CCC(=O)COC(=O)CCCN1CCN(c2ccc(-c3ccc(C)cc3)cn2)CC1. The normalized spacial score (nSPS) is 14.5. The van der Waals surface area contributed by atoms with E-state index < -0.39 is 0 Å². The molecule has 6 heteroatoms. The zero-order valence-corrected chi connectivity index (χ0v) is 18.0. The molecule has 0 bridgehead atoms. The van der Waals surface area contributed by atoms with Crippen LogP contribution in [0.25, 0.3) is 11.1 Å². The van der Waals surface area contributed by atoms with Gasteiger partial charge in [-0.3, -0.25) is 14.5 Å². The van der Waals surface area contributed by atoms with Crippen LogP contribution in [-0.2, 0) is 14.3 Å². The second kappa shape index (κ2) is 10.9. The van der Waals surface area contributed by atoms with Gasteiger partial charge in [0.25, 0.3) is 0 Å². The lowest BCUT2D eigenvalue weighted by atomic mass is 10.1. The van der Waals surface area contributed by atoms with Crippen LogP contribution in [0.5, 0.6) is 0 Å². The number of aromatic nitrogens is 1. The molecule has 0 amide bonds. The number of carbonyl (C=O) groups is 2. The predicted octanol–water partition coefficient (Wildman–Crippen LogP) is 3.48. The molecule has 30 heavy (non-hydrogen) atoms. The first kappa shape index (κ1) is 22.0. The van der Waals surface area contributed by atoms with Crippen molar-refractivity contribution in [2.75, 3.05) is 44.2 Å². The highest BCUT2D eigenvalue weighted by atomic mass is 16.5. The van der Waals surface area contributed by atoms with E-state index in [-0.39, 0.29) is 18.4 Å². The molecule has 6 nitrogen and oxygen atoms in total. The van der Waals surface area contributed by atoms with Gasteiger partial charge < -0.3 is 9.64 Å². The fourth-order valence-corrected chi connectivity index (χ4v) is 3.47. The Morgan fingerprint density at radius 2 is 1.70 bits per heavy atom. The van der Waals surface area contributed by atoms with E-state index in [0.29, 0.717) is 12.8 Å². The third kappa shape index (κ3) is 6.39. The van der Waals surface area contributed by atoms with Gasteiger partial charge in [-0.25, -0.2) is 4.98 Å². The Morgan fingerprint density at radius 1 is 1.00 bits per heavy atom. The number of aryl methyl sites for hydroxylation is 1. The lowest BCUT2D eigenvalue weighted by Gasteiger charge is -2.35. The quantitative estimate of drug-likeness (QED) is 0.591. The van der Waals surface area contributed by atoms with Crippen molar-refractivity contribution >= 4 is 17.6 Å². The highest BCUT2D eigenvalue weighted by molar-refractivity contribution is 5.82. The zero-order chi connectivity index (χ0) is 21.3. The van der Waals surface area contributed by atoms with Crippen molar-refractivity contribution < 1.29 is 14.3 Å². The van der Waals surface area contributed by atoms with Gasteiger partial charge in [-0.2, -0.15) is 0 Å². The first-order valence-corrected chi connectivity index (χ1v) is 10.7. The molecule has 0 unspecified atom stereocenters. The molecule has 1 aromatic carbocycles. The zero-order valence-electron chi connectivity index (χ0n) is 18.0. The molecular weight excluding hydrogens is 378 g/mol. The molecule has 1 aliphatic heterocycles. The summed E-state index contributed by atoms with van der Waals surface area (Å²) in [6.45, 7) is 8.37. The molecule has 0 N–H and O–H groups in total. The molecule has 0 saturated carbocycles. The number of piperazine rings is 1. The molecule has 2 heterocycles. The van der Waals surface area contributed by atoms with Crippen molar-refractivity contribution in [1.29, 1.82) is 0 Å². The lowest BCUT2D eigenvalue weighted by Crippen LogP contribution is -2.47. The van der Waals surface area contributed by atoms with Crippen molar-refractivity contribution in [2.45, 2.75) is 33.1 Å². The fourth-order valence-electron chi connectivity index (χ4n) is 3.47. The van der Waals surface area contributed by atoms with Gasteiger partial charge in [0, 0.05) is 50.8 Å². The summed E-state index contributed by atoms with van der Waals surface area (Å²) >= 11 is 0. The lowest BCUT2D eigenvalue weighted by molar-refractivity contribution is -0.148. The number of benzene rings is 1. The number of nitrogens with zero attached hydrogens (tertiary/aromatic N) is 3. The molecule has 160 valence electrons. The third-order valence-electron chi connectivity index (χ3n) is 5.47. The molecule has 1 aliphatic rings. The van der Waals surface area contributed by atoms with Crippen LogP contribution >= 0.6 is 0 Å². The minimum absolute atomic E-state index is 0.0417. The number of ether oxygens (including phenoxy) is 1. The molecule has 0 radical (unpaired) electrons. The third-order valence-corrected chi connectivity index (χ3v) is 5.47. The maximum atomic E-state index is 11.7. The van der Waals surface area contributed by atoms with E-state index in [1.54, 1.807) is 6.92 Å². The van der Waals surface area contributed by atoms with Crippen LogP contribution < -0.4 is 4.90 Å². The Kier molecular flexibility index (Phi) is 7.97. The van der Waals surface area contributed by atoms with Crippen LogP contribution in [0.2, 0.25) is 0 Å². The van der Waals surface area contributed by atoms with Crippen LogP contribution in [0, 0.1) is 6.92 Å². The van der Waals surface area contributed by atoms with Crippen molar-refractivity contribution in [1.82, 2.24) is 9.88 Å². The van der Waals surface area contributed by atoms with E-state index in [4.69, 9.17) is 4.74 Å². The smallest absolute Gasteiger partial charge is 0.306 e. The number of pyridine rings is 1. The van der Waals surface area contributed by atoms with Crippen LogP contribution in [0.4, 0.5) is 5.82 Å². The average molecular weight is 410 g/mol. The monoisotopic (exact) mass is 409 g/mol. The number of rotatable bonds is 9. The highest BCUT2D eigenvalue weighted by Crippen LogP contribution is 2.22. The predicted molar refractivity (Wildman–Crippen MR) is 119 cm³/mol. The van der Waals surface area contributed by atoms with Gasteiger partial charge in [0.1, 0.15) is 12.4 Å². The summed E-state index contributed by atoms with van der Waals surface area (Å²) in [5.74, 6) is 0.683. The number of carbonyl (C=O) groups excluding carboxylic acids is 2. The van der Waals surface area contributed by atoms with E-state index in [9.17, 15) is 9.59 Å². The van der Waals surface area contributed by atoms with Crippen molar-refractivity contribution in [3.8, 4) is 11.1 Å². The first-order valence-electron chi connectivity index (χ1n) is 10.7. The molecule has 3 rings (SSSR count). The highest BCUT2D eigenvalue weighted by Gasteiger charge is 2.18. The van der Waals surface area contributed by atoms with Gasteiger partial charge in [-0.1, -0.05) is 36.8 Å². The van der Waals surface area contributed by atoms with Crippen LogP contribution in [0.15, 0.2) is 42.6 Å². The number of hydrogen-bond acceptors (Lipinski definition) is 6. The van der Waals surface area contributed by atoms with Gasteiger partial charge >= 0.3 is 5.97 Å². The standard InChI is InChI=1S/C24H31N3O3/c1-3-22(28)18-30-24(29)5-4-12-26-13-15-27(16-14-26)23-11-10-21(17-25-23)20-8-6-19(2)7-9-20/h6-11,17H,3-5,12-16,18H2,1-2H3. The minimum atomic E-state index is -0.284. The largest absolute Gasteiger partial charge is 0.458 e. The minimum Gasteiger partial charge on any atom is -0.458 e. The second-order valence-electron chi connectivity index (χ2n) is 7.76. The molecule has 1 fully saturated rings. The number of Topliss-reactive ketones (excluding diaryl/α,β-unsaturated/α-hetero) is 1. The molecule has 1 aromatic heterocycles. The summed E-state index contributed by atoms with van der Waals surface area (Å²) in [4.78, 5) is 32.2. The maximum Gasteiger partial charge on any atom is 0.306 e. The molecule has 0 atom stereocenters. The van der Waals surface area contributed by atoms with Gasteiger partial charge in [0.15, 0.2) is 5.78 Å². The van der Waals surface area contributed by atoms with Crippen LogP contribution in [0.1, 0.15) is 31.7 Å². The Bertz CT molecular complexity index is 826. The van der Waals surface area contributed by atoms with Crippen LogP contribution in [0.3, 0.4) is 0 Å². The average Bonchev–Trinajstić information content (AvgIpc) is 2.78. The summed E-state index contributed by atoms with van der Waals surface area (Å²) in [5.41, 5.74) is 3.57. The van der Waals surface area contributed by atoms with Gasteiger partial charge in [-0.15, -0.1) is 0 Å². The molecule has 1 saturated heterocycles. The van der Waals surface area contributed by atoms with Crippen molar-refractivity contribution in [3.63, 3.8) is 0 Å². The van der Waals surface area contributed by atoms with E-state index in [1.165, 1.54) is 11.1 Å². The Labute approximate surface area is 178 Å². The van der Waals surface area contributed by atoms with E-state index in [0.717, 1.165) is 50.5 Å². The first-order chi connectivity index (χ1) is 14.5. The Balaban J connectivity index is 1.39. The maximum absolute atomic E-state index is 11.7. The number of esters is 1. The molecule has 2 aromatic rings. The summed E-state index contributed by atoms with van der Waals surface area (Å²) in [7, 11) is 0. The Hall–Kier alpha value is -2.73. The molecule has 0 spiro atoms. The summed E-state index contributed by atoms with van der Waals surface area (Å²) in [6, 6.07) is 12.7.